The highest BCUT2D eigenvalue weighted by Crippen LogP contribution is 2.18. The average Bonchev–Trinajstić information content (AvgIpc) is 2.88. The highest BCUT2D eigenvalue weighted by molar-refractivity contribution is 6.18. The van der Waals surface area contributed by atoms with Crippen LogP contribution in [0.15, 0.2) is 30.6 Å². The van der Waals surface area contributed by atoms with Gasteiger partial charge in [0.1, 0.15) is 18.2 Å². The summed E-state index contributed by atoms with van der Waals surface area (Å²) in [5.41, 5.74) is 0.207. The second-order valence-electron chi connectivity index (χ2n) is 3.57. The van der Waals surface area contributed by atoms with Crippen LogP contribution in [0, 0.1) is 11.3 Å². The lowest BCUT2D eigenvalue weighted by Crippen LogP contribution is -2.18. The molecule has 2 heterocycles. The van der Waals surface area contributed by atoms with Crippen LogP contribution in [0.25, 0.3) is 5.82 Å². The summed E-state index contributed by atoms with van der Waals surface area (Å²) in [7, 11) is 0. The molecule has 0 aliphatic heterocycles. The highest BCUT2D eigenvalue weighted by Gasteiger charge is 2.16. The van der Waals surface area contributed by atoms with E-state index in [0.29, 0.717) is 5.82 Å². The fourth-order valence-corrected chi connectivity index (χ4v) is 1.54. The van der Waals surface area contributed by atoms with Crippen LogP contribution in [0.3, 0.4) is 0 Å². The van der Waals surface area contributed by atoms with Crippen molar-refractivity contribution >= 4 is 23.5 Å². The van der Waals surface area contributed by atoms with Gasteiger partial charge in [0.15, 0.2) is 11.6 Å². The zero-order valence-corrected chi connectivity index (χ0v) is 11.0. The summed E-state index contributed by atoms with van der Waals surface area (Å²) in [5.74, 6) is 0.866. The van der Waals surface area contributed by atoms with Crippen molar-refractivity contribution in [3.63, 3.8) is 0 Å². The van der Waals surface area contributed by atoms with E-state index in [9.17, 15) is 4.79 Å². The lowest BCUT2D eigenvalue weighted by atomic mass is 10.3. The molecular weight excluding hydrogens is 282 g/mol. The van der Waals surface area contributed by atoms with E-state index in [-0.39, 0.29) is 23.9 Å². The van der Waals surface area contributed by atoms with Crippen LogP contribution < -0.4 is 5.32 Å². The number of pyridine rings is 1. The van der Waals surface area contributed by atoms with Crippen molar-refractivity contribution in [3.05, 3.63) is 36.2 Å². The Hall–Kier alpha value is -2.59. The Kier molecular flexibility index (Phi) is 4.52. The zero-order chi connectivity index (χ0) is 14.4. The molecule has 0 atom stereocenters. The van der Waals surface area contributed by atoms with E-state index in [1.807, 2.05) is 6.07 Å². The van der Waals surface area contributed by atoms with Crippen molar-refractivity contribution in [2.24, 2.45) is 0 Å². The second kappa shape index (κ2) is 6.54. The van der Waals surface area contributed by atoms with E-state index in [1.54, 1.807) is 24.4 Å². The van der Waals surface area contributed by atoms with Crippen LogP contribution in [-0.2, 0) is 4.74 Å². The first kappa shape index (κ1) is 13.8. The quantitative estimate of drug-likeness (QED) is 0.869. The number of carbonyl (C=O) groups excluding carboxylic acids is 1. The van der Waals surface area contributed by atoms with Crippen molar-refractivity contribution in [1.29, 1.82) is 5.26 Å². The first-order valence-corrected chi connectivity index (χ1v) is 6.19. The average molecular weight is 292 g/mol. The third kappa shape index (κ3) is 3.05. The summed E-state index contributed by atoms with van der Waals surface area (Å²) in [4.78, 5) is 15.7. The Labute approximate surface area is 119 Å². The number of amides is 1. The van der Waals surface area contributed by atoms with Crippen LogP contribution in [0.4, 0.5) is 10.6 Å². The van der Waals surface area contributed by atoms with Gasteiger partial charge in [0.05, 0.1) is 12.1 Å². The Morgan fingerprint density at radius 3 is 3.05 bits per heavy atom. The predicted octanol–water partition coefficient (Wildman–Crippen LogP) is 1.93. The standard InChI is InChI=1S/C12H10ClN5O2/c13-4-6-20-12(19)17-11-9(7-14)8-16-18(11)10-3-1-2-5-15-10/h1-3,5,8H,4,6H2,(H,17,19). The number of ether oxygens (including phenoxy) is 1. The number of nitrogens with one attached hydrogen (secondary N) is 1. The van der Waals surface area contributed by atoms with Crippen LogP contribution in [0.1, 0.15) is 5.56 Å². The molecule has 20 heavy (non-hydrogen) atoms. The van der Waals surface area contributed by atoms with E-state index in [4.69, 9.17) is 21.6 Å². The van der Waals surface area contributed by atoms with E-state index >= 15 is 0 Å². The lowest BCUT2D eigenvalue weighted by molar-refractivity contribution is 0.168. The first-order valence-electron chi connectivity index (χ1n) is 5.65. The molecule has 0 bridgehead atoms. The van der Waals surface area contributed by atoms with Gasteiger partial charge in [-0.2, -0.15) is 15.0 Å². The SMILES string of the molecule is N#Cc1cnn(-c2ccccn2)c1NC(=O)OCCCl. The van der Waals surface area contributed by atoms with Gasteiger partial charge in [-0.1, -0.05) is 6.07 Å². The van der Waals surface area contributed by atoms with Crippen LogP contribution in [-0.4, -0.2) is 33.3 Å². The minimum absolute atomic E-state index is 0.0764. The number of halogens is 1. The Balaban J connectivity index is 2.29. The molecule has 0 fully saturated rings. The molecule has 2 rings (SSSR count). The molecule has 1 N–H and O–H groups in total. The van der Waals surface area contributed by atoms with Gasteiger partial charge < -0.3 is 4.74 Å². The first-order chi connectivity index (χ1) is 9.76. The van der Waals surface area contributed by atoms with Gasteiger partial charge in [-0.25, -0.2) is 9.78 Å². The maximum atomic E-state index is 11.6. The van der Waals surface area contributed by atoms with E-state index in [1.165, 1.54) is 10.9 Å². The summed E-state index contributed by atoms with van der Waals surface area (Å²) in [6.45, 7) is 0.0764. The van der Waals surface area contributed by atoms with Crippen molar-refractivity contribution in [1.82, 2.24) is 14.8 Å². The second-order valence-corrected chi connectivity index (χ2v) is 3.95. The minimum Gasteiger partial charge on any atom is -0.448 e. The van der Waals surface area contributed by atoms with Crippen molar-refractivity contribution < 1.29 is 9.53 Å². The monoisotopic (exact) mass is 291 g/mol. The molecule has 0 unspecified atom stereocenters. The Morgan fingerprint density at radius 2 is 2.40 bits per heavy atom. The van der Waals surface area contributed by atoms with Gasteiger partial charge >= 0.3 is 6.09 Å². The number of rotatable bonds is 4. The fraction of sp³-hybridized carbons (Fsp3) is 0.167. The third-order valence-electron chi connectivity index (χ3n) is 2.29. The Bertz CT molecular complexity index is 635. The topological polar surface area (TPSA) is 92.8 Å². The van der Waals surface area contributed by atoms with Gasteiger partial charge in [-0.3, -0.25) is 5.32 Å². The number of carbonyl (C=O) groups is 1. The summed E-state index contributed by atoms with van der Waals surface area (Å²) < 4.78 is 6.15. The maximum absolute atomic E-state index is 11.6. The molecule has 0 aromatic carbocycles. The molecule has 2 aromatic rings. The summed E-state index contributed by atoms with van der Waals surface area (Å²) >= 11 is 5.43. The van der Waals surface area contributed by atoms with Crippen LogP contribution >= 0.6 is 11.6 Å². The number of nitriles is 1. The Morgan fingerprint density at radius 1 is 1.55 bits per heavy atom. The minimum atomic E-state index is -0.708. The lowest BCUT2D eigenvalue weighted by Gasteiger charge is -2.08. The van der Waals surface area contributed by atoms with E-state index in [2.05, 4.69) is 15.4 Å². The van der Waals surface area contributed by atoms with Gasteiger partial charge in [0, 0.05) is 6.20 Å². The van der Waals surface area contributed by atoms with E-state index in [0.717, 1.165) is 0 Å². The zero-order valence-electron chi connectivity index (χ0n) is 10.3. The number of aromatic nitrogens is 3. The summed E-state index contributed by atoms with van der Waals surface area (Å²) in [5, 5.41) is 15.5. The molecule has 0 saturated heterocycles. The smallest absolute Gasteiger partial charge is 0.412 e. The van der Waals surface area contributed by atoms with Crippen molar-refractivity contribution in [2.45, 2.75) is 0 Å². The number of nitrogens with zero attached hydrogens (tertiary/aromatic N) is 4. The van der Waals surface area contributed by atoms with Gasteiger partial charge in [0.2, 0.25) is 0 Å². The number of hydrogen-bond acceptors (Lipinski definition) is 5. The largest absolute Gasteiger partial charge is 0.448 e. The molecule has 8 heteroatoms. The third-order valence-corrected chi connectivity index (χ3v) is 2.44. The summed E-state index contributed by atoms with van der Waals surface area (Å²) in [6, 6.07) is 7.16. The molecular formula is C12H10ClN5O2. The molecule has 0 spiro atoms. The predicted molar refractivity (Wildman–Crippen MR) is 71.8 cm³/mol. The van der Waals surface area contributed by atoms with Gasteiger partial charge in [-0.05, 0) is 12.1 Å². The number of alkyl halides is 1. The molecule has 1 amide bonds. The number of hydrogen-bond donors (Lipinski definition) is 1. The van der Waals surface area contributed by atoms with Crippen molar-refractivity contribution in [3.8, 4) is 11.9 Å². The molecule has 0 aliphatic carbocycles. The van der Waals surface area contributed by atoms with Crippen LogP contribution in [0.5, 0.6) is 0 Å². The molecule has 7 nitrogen and oxygen atoms in total. The van der Waals surface area contributed by atoms with E-state index < -0.39 is 6.09 Å². The highest BCUT2D eigenvalue weighted by atomic mass is 35.5. The molecule has 0 radical (unpaired) electrons. The molecule has 102 valence electrons. The summed E-state index contributed by atoms with van der Waals surface area (Å²) in [6.07, 6.45) is 2.21. The van der Waals surface area contributed by atoms with Crippen LogP contribution in [0.2, 0.25) is 0 Å². The fourth-order valence-electron chi connectivity index (χ4n) is 1.47. The van der Waals surface area contributed by atoms with Gasteiger partial charge in [0.25, 0.3) is 0 Å². The maximum Gasteiger partial charge on any atom is 0.412 e. The molecule has 2 aromatic heterocycles. The van der Waals surface area contributed by atoms with Crippen molar-refractivity contribution in [2.75, 3.05) is 17.8 Å². The number of anilines is 1. The normalized spacial score (nSPS) is 9.80. The molecule has 0 aliphatic rings. The molecule has 0 saturated carbocycles. The van der Waals surface area contributed by atoms with Gasteiger partial charge in [-0.15, -0.1) is 11.6 Å².